The zero-order valence-corrected chi connectivity index (χ0v) is 14.4. The van der Waals surface area contributed by atoms with Gasteiger partial charge in [0.2, 0.25) is 6.79 Å². The molecule has 2 aliphatic heterocycles. The molecule has 6 nitrogen and oxygen atoms in total. The third-order valence-corrected chi connectivity index (χ3v) is 4.47. The van der Waals surface area contributed by atoms with E-state index in [0.717, 1.165) is 36.5 Å². The molecule has 1 atom stereocenters. The van der Waals surface area contributed by atoms with E-state index in [1.54, 1.807) is 12.1 Å². The highest BCUT2D eigenvalue weighted by molar-refractivity contribution is 5.94. The van der Waals surface area contributed by atoms with E-state index >= 15 is 0 Å². The van der Waals surface area contributed by atoms with Crippen molar-refractivity contribution in [2.45, 2.75) is 25.5 Å². The number of ether oxygens (including phenoxy) is 4. The van der Waals surface area contributed by atoms with Crippen LogP contribution >= 0.6 is 0 Å². The van der Waals surface area contributed by atoms with Crippen LogP contribution in [0, 0.1) is 0 Å². The van der Waals surface area contributed by atoms with Gasteiger partial charge in [0.25, 0.3) is 5.91 Å². The summed E-state index contributed by atoms with van der Waals surface area (Å²) in [7, 11) is 0. The van der Waals surface area contributed by atoms with Crippen LogP contribution in [0.15, 0.2) is 42.5 Å². The molecule has 26 heavy (non-hydrogen) atoms. The summed E-state index contributed by atoms with van der Waals surface area (Å²) in [6, 6.07) is 12.8. The van der Waals surface area contributed by atoms with E-state index < -0.39 is 0 Å². The molecule has 2 aromatic carbocycles. The standard InChI is InChI=1S/C20H21NO5/c22-20(21-11-14-3-8-18-19(10-14)26-13-25-18)15-4-6-16(7-5-15)24-12-17-2-1-9-23-17/h3-8,10,17H,1-2,9,11-13H2,(H,21,22). The minimum atomic E-state index is -0.131. The maximum absolute atomic E-state index is 12.3. The van der Waals surface area contributed by atoms with E-state index in [0.29, 0.717) is 24.5 Å². The monoisotopic (exact) mass is 355 g/mol. The first-order valence-electron chi connectivity index (χ1n) is 8.79. The molecule has 2 aliphatic rings. The highest BCUT2D eigenvalue weighted by atomic mass is 16.7. The second kappa shape index (κ2) is 7.66. The summed E-state index contributed by atoms with van der Waals surface area (Å²) in [5.74, 6) is 2.06. The SMILES string of the molecule is O=C(NCc1ccc2c(c1)OCO2)c1ccc(OCC2CCCO2)cc1. The number of hydrogen-bond donors (Lipinski definition) is 1. The van der Waals surface area contributed by atoms with Crippen molar-refractivity contribution in [2.75, 3.05) is 20.0 Å². The van der Waals surface area contributed by atoms with Crippen molar-refractivity contribution in [2.24, 2.45) is 0 Å². The lowest BCUT2D eigenvalue weighted by atomic mass is 10.1. The molecular weight excluding hydrogens is 334 g/mol. The third kappa shape index (κ3) is 3.91. The number of amides is 1. The lowest BCUT2D eigenvalue weighted by Gasteiger charge is -2.12. The summed E-state index contributed by atoms with van der Waals surface area (Å²) in [5, 5.41) is 2.91. The predicted octanol–water partition coefficient (Wildman–Crippen LogP) is 2.90. The largest absolute Gasteiger partial charge is 0.491 e. The van der Waals surface area contributed by atoms with Gasteiger partial charge in [-0.3, -0.25) is 4.79 Å². The van der Waals surface area contributed by atoms with Gasteiger partial charge in [-0.25, -0.2) is 0 Å². The Hall–Kier alpha value is -2.73. The van der Waals surface area contributed by atoms with Crippen LogP contribution in [0.2, 0.25) is 0 Å². The highest BCUT2D eigenvalue weighted by Gasteiger charge is 2.16. The van der Waals surface area contributed by atoms with E-state index in [4.69, 9.17) is 18.9 Å². The lowest BCUT2D eigenvalue weighted by molar-refractivity contribution is 0.0679. The number of rotatable bonds is 6. The van der Waals surface area contributed by atoms with Crippen molar-refractivity contribution in [3.63, 3.8) is 0 Å². The molecule has 1 amide bonds. The Balaban J connectivity index is 1.28. The molecule has 2 heterocycles. The Morgan fingerprint density at radius 3 is 2.77 bits per heavy atom. The maximum Gasteiger partial charge on any atom is 0.251 e. The van der Waals surface area contributed by atoms with Crippen LogP contribution in [-0.4, -0.2) is 32.0 Å². The van der Waals surface area contributed by atoms with Crippen molar-refractivity contribution in [3.8, 4) is 17.2 Å². The molecular formula is C20H21NO5. The number of nitrogens with one attached hydrogen (secondary N) is 1. The third-order valence-electron chi connectivity index (χ3n) is 4.47. The van der Waals surface area contributed by atoms with Gasteiger partial charge in [0.05, 0.1) is 6.10 Å². The maximum atomic E-state index is 12.3. The summed E-state index contributed by atoms with van der Waals surface area (Å²) in [6.07, 6.45) is 2.32. The Morgan fingerprint density at radius 1 is 1.12 bits per heavy atom. The first kappa shape index (κ1) is 16.7. The number of hydrogen-bond acceptors (Lipinski definition) is 5. The normalized spacial score (nSPS) is 17.9. The second-order valence-corrected chi connectivity index (χ2v) is 6.34. The van der Waals surface area contributed by atoms with Crippen LogP contribution < -0.4 is 19.5 Å². The van der Waals surface area contributed by atoms with Gasteiger partial charge in [0, 0.05) is 18.7 Å². The van der Waals surface area contributed by atoms with E-state index in [-0.39, 0.29) is 18.8 Å². The zero-order valence-electron chi connectivity index (χ0n) is 14.4. The molecule has 0 bridgehead atoms. The molecule has 1 unspecified atom stereocenters. The van der Waals surface area contributed by atoms with Gasteiger partial charge in [-0.05, 0) is 54.8 Å². The molecule has 1 N–H and O–H groups in total. The van der Waals surface area contributed by atoms with Crippen LogP contribution in [0.3, 0.4) is 0 Å². The first-order valence-corrected chi connectivity index (χ1v) is 8.79. The Labute approximate surface area is 152 Å². The van der Waals surface area contributed by atoms with Gasteiger partial charge in [-0.2, -0.15) is 0 Å². The molecule has 4 rings (SSSR count). The molecule has 1 saturated heterocycles. The summed E-state index contributed by atoms with van der Waals surface area (Å²) >= 11 is 0. The average molecular weight is 355 g/mol. The fourth-order valence-electron chi connectivity index (χ4n) is 3.00. The van der Waals surface area contributed by atoms with Gasteiger partial charge in [0.15, 0.2) is 11.5 Å². The Morgan fingerprint density at radius 2 is 1.96 bits per heavy atom. The van der Waals surface area contributed by atoms with Crippen LogP contribution in [0.4, 0.5) is 0 Å². The molecule has 0 aromatic heterocycles. The summed E-state index contributed by atoms with van der Waals surface area (Å²) < 4.78 is 21.9. The van der Waals surface area contributed by atoms with E-state index in [2.05, 4.69) is 5.32 Å². The number of carbonyl (C=O) groups is 1. The minimum absolute atomic E-state index is 0.131. The van der Waals surface area contributed by atoms with Crippen molar-refractivity contribution >= 4 is 5.91 Å². The topological polar surface area (TPSA) is 66.0 Å². The smallest absolute Gasteiger partial charge is 0.251 e. The molecule has 0 aliphatic carbocycles. The van der Waals surface area contributed by atoms with Gasteiger partial charge in [-0.1, -0.05) is 6.07 Å². The Kier molecular flexibility index (Phi) is 4.93. The van der Waals surface area contributed by atoms with Crippen LogP contribution in [0.25, 0.3) is 0 Å². The molecule has 0 spiro atoms. The molecule has 1 fully saturated rings. The highest BCUT2D eigenvalue weighted by Crippen LogP contribution is 2.32. The van der Waals surface area contributed by atoms with Gasteiger partial charge in [-0.15, -0.1) is 0 Å². The van der Waals surface area contributed by atoms with Gasteiger partial charge < -0.3 is 24.3 Å². The summed E-state index contributed by atoms with van der Waals surface area (Å²) in [4.78, 5) is 12.3. The summed E-state index contributed by atoms with van der Waals surface area (Å²) in [6.45, 7) is 2.03. The van der Waals surface area contributed by atoms with Crippen molar-refractivity contribution < 1.29 is 23.7 Å². The van der Waals surface area contributed by atoms with Crippen LogP contribution in [-0.2, 0) is 11.3 Å². The van der Waals surface area contributed by atoms with E-state index in [1.807, 2.05) is 30.3 Å². The van der Waals surface area contributed by atoms with Crippen LogP contribution in [0.5, 0.6) is 17.2 Å². The van der Waals surface area contributed by atoms with Gasteiger partial charge in [0.1, 0.15) is 12.4 Å². The van der Waals surface area contributed by atoms with Crippen molar-refractivity contribution in [3.05, 3.63) is 53.6 Å². The molecule has 136 valence electrons. The second-order valence-electron chi connectivity index (χ2n) is 6.34. The fourth-order valence-corrected chi connectivity index (χ4v) is 3.00. The van der Waals surface area contributed by atoms with Crippen LogP contribution in [0.1, 0.15) is 28.8 Å². The average Bonchev–Trinajstić information content (AvgIpc) is 3.36. The first-order chi connectivity index (χ1) is 12.8. The molecule has 0 radical (unpaired) electrons. The van der Waals surface area contributed by atoms with Crippen molar-refractivity contribution in [1.82, 2.24) is 5.32 Å². The lowest BCUT2D eigenvalue weighted by Crippen LogP contribution is -2.22. The predicted molar refractivity (Wildman–Crippen MR) is 94.6 cm³/mol. The zero-order chi connectivity index (χ0) is 17.8. The number of fused-ring (bicyclic) bond motifs is 1. The molecule has 2 aromatic rings. The van der Waals surface area contributed by atoms with E-state index in [9.17, 15) is 4.79 Å². The number of benzene rings is 2. The van der Waals surface area contributed by atoms with Gasteiger partial charge >= 0.3 is 0 Å². The van der Waals surface area contributed by atoms with E-state index in [1.165, 1.54) is 0 Å². The fraction of sp³-hybridized carbons (Fsp3) is 0.350. The molecule has 0 saturated carbocycles. The minimum Gasteiger partial charge on any atom is -0.491 e. The summed E-state index contributed by atoms with van der Waals surface area (Å²) in [5.41, 5.74) is 1.55. The molecule has 6 heteroatoms. The number of carbonyl (C=O) groups excluding carboxylic acids is 1. The Bertz CT molecular complexity index is 768. The quantitative estimate of drug-likeness (QED) is 0.863. The van der Waals surface area contributed by atoms with Crippen molar-refractivity contribution in [1.29, 1.82) is 0 Å².